The number of hydrogen-bond donors (Lipinski definition) is 1. The molecule has 3 aromatic carbocycles. The van der Waals surface area contributed by atoms with Crippen LogP contribution in [0, 0.1) is 0 Å². The highest BCUT2D eigenvalue weighted by Crippen LogP contribution is 2.29. The van der Waals surface area contributed by atoms with Gasteiger partial charge in [0, 0.05) is 28.4 Å². The summed E-state index contributed by atoms with van der Waals surface area (Å²) in [5.74, 6) is 0. The molecule has 0 radical (unpaired) electrons. The second kappa shape index (κ2) is 6.52. The van der Waals surface area contributed by atoms with Crippen LogP contribution in [0.15, 0.2) is 71.8 Å². The summed E-state index contributed by atoms with van der Waals surface area (Å²) in [7, 11) is 0. The van der Waals surface area contributed by atoms with Crippen molar-refractivity contribution >= 4 is 54.7 Å². The Kier molecular flexibility index (Phi) is 3.87. The van der Waals surface area contributed by atoms with E-state index >= 15 is 0 Å². The Labute approximate surface area is 160 Å². The fraction of sp³-hybridized carbons (Fsp3) is 0.0909. The lowest BCUT2D eigenvalue weighted by molar-refractivity contribution is 0.827. The SMILES string of the molecule is CCn1c2ccccc2c2cc(/C=N/Nc3nc4ccccc4s3)ccc21. The van der Waals surface area contributed by atoms with Crippen molar-refractivity contribution in [3.05, 3.63) is 72.3 Å². The second-order valence-electron chi connectivity index (χ2n) is 6.39. The first-order valence-corrected chi connectivity index (χ1v) is 9.81. The highest BCUT2D eigenvalue weighted by atomic mass is 32.1. The van der Waals surface area contributed by atoms with E-state index < -0.39 is 0 Å². The van der Waals surface area contributed by atoms with Crippen molar-refractivity contribution in [2.24, 2.45) is 5.10 Å². The first-order chi connectivity index (χ1) is 13.3. The largest absolute Gasteiger partial charge is 0.341 e. The molecule has 4 nitrogen and oxygen atoms in total. The third-order valence-electron chi connectivity index (χ3n) is 4.78. The predicted molar refractivity (Wildman–Crippen MR) is 116 cm³/mol. The first kappa shape index (κ1) is 16.0. The normalized spacial score (nSPS) is 11.9. The Hall–Kier alpha value is -3.18. The van der Waals surface area contributed by atoms with Crippen LogP contribution in [0.25, 0.3) is 32.0 Å². The molecule has 0 atom stereocenters. The minimum atomic E-state index is 0.802. The molecule has 2 heterocycles. The summed E-state index contributed by atoms with van der Waals surface area (Å²) >= 11 is 1.60. The molecule has 5 aromatic rings. The Bertz CT molecular complexity index is 1260. The van der Waals surface area contributed by atoms with Gasteiger partial charge >= 0.3 is 0 Å². The highest BCUT2D eigenvalue weighted by Gasteiger charge is 2.09. The average molecular weight is 370 g/mol. The number of para-hydroxylation sites is 2. The molecule has 132 valence electrons. The fourth-order valence-electron chi connectivity index (χ4n) is 3.57. The summed E-state index contributed by atoms with van der Waals surface area (Å²) in [4.78, 5) is 4.54. The molecule has 0 aliphatic rings. The zero-order chi connectivity index (χ0) is 18.2. The van der Waals surface area contributed by atoms with Gasteiger partial charge in [0.25, 0.3) is 0 Å². The average Bonchev–Trinajstić information content (AvgIpc) is 3.26. The van der Waals surface area contributed by atoms with Gasteiger partial charge in [-0.1, -0.05) is 47.7 Å². The number of thiazole rings is 1. The van der Waals surface area contributed by atoms with Gasteiger partial charge in [-0.15, -0.1) is 0 Å². The maximum absolute atomic E-state index is 4.54. The third kappa shape index (κ3) is 2.76. The van der Waals surface area contributed by atoms with Crippen molar-refractivity contribution in [2.45, 2.75) is 13.5 Å². The minimum Gasteiger partial charge on any atom is -0.341 e. The summed E-state index contributed by atoms with van der Waals surface area (Å²) in [6, 6.07) is 23.1. The molecule has 1 N–H and O–H groups in total. The molecule has 0 aliphatic heterocycles. The van der Waals surface area contributed by atoms with E-state index in [0.29, 0.717) is 0 Å². The van der Waals surface area contributed by atoms with Crippen molar-refractivity contribution in [3.63, 3.8) is 0 Å². The molecule has 0 fully saturated rings. The lowest BCUT2D eigenvalue weighted by atomic mass is 10.1. The Morgan fingerprint density at radius 2 is 1.81 bits per heavy atom. The number of hydrazone groups is 1. The Balaban J connectivity index is 1.48. The number of fused-ring (bicyclic) bond motifs is 4. The lowest BCUT2D eigenvalue weighted by Gasteiger charge is -2.02. The predicted octanol–water partition coefficient (Wildman–Crippen LogP) is 5.87. The maximum atomic E-state index is 4.54. The van der Waals surface area contributed by atoms with Crippen molar-refractivity contribution < 1.29 is 0 Å². The van der Waals surface area contributed by atoms with Gasteiger partial charge in [0.1, 0.15) is 0 Å². The van der Waals surface area contributed by atoms with Crippen molar-refractivity contribution in [1.82, 2.24) is 9.55 Å². The molecule has 5 rings (SSSR count). The molecule has 0 amide bonds. The molecular formula is C22H18N4S. The Morgan fingerprint density at radius 3 is 2.70 bits per heavy atom. The van der Waals surface area contributed by atoms with Gasteiger partial charge in [-0.25, -0.2) is 4.98 Å². The summed E-state index contributed by atoms with van der Waals surface area (Å²) in [5.41, 5.74) is 7.65. The number of anilines is 1. The van der Waals surface area contributed by atoms with E-state index in [2.05, 4.69) is 75.5 Å². The number of nitrogens with one attached hydrogen (secondary N) is 1. The number of hydrogen-bond acceptors (Lipinski definition) is 4. The number of nitrogens with zero attached hydrogens (tertiary/aromatic N) is 3. The van der Waals surface area contributed by atoms with Gasteiger partial charge in [0.05, 0.1) is 16.4 Å². The zero-order valence-corrected chi connectivity index (χ0v) is 15.7. The number of aromatic nitrogens is 2. The van der Waals surface area contributed by atoms with Crippen molar-refractivity contribution in [3.8, 4) is 0 Å². The van der Waals surface area contributed by atoms with E-state index in [0.717, 1.165) is 27.5 Å². The summed E-state index contributed by atoms with van der Waals surface area (Å²) in [5, 5.41) is 7.73. The highest BCUT2D eigenvalue weighted by molar-refractivity contribution is 7.22. The molecular weight excluding hydrogens is 352 g/mol. The van der Waals surface area contributed by atoms with Crippen LogP contribution in [0.1, 0.15) is 12.5 Å². The number of aryl methyl sites for hydroxylation is 1. The molecule has 0 spiro atoms. The monoisotopic (exact) mass is 370 g/mol. The smallest absolute Gasteiger partial charge is 0.204 e. The van der Waals surface area contributed by atoms with Crippen LogP contribution in [0.4, 0.5) is 5.13 Å². The molecule has 27 heavy (non-hydrogen) atoms. The Morgan fingerprint density at radius 1 is 1.00 bits per heavy atom. The van der Waals surface area contributed by atoms with Crippen LogP contribution in [0.3, 0.4) is 0 Å². The van der Waals surface area contributed by atoms with Gasteiger partial charge in [0.2, 0.25) is 5.13 Å². The standard InChI is InChI=1S/C22H18N4S/c1-2-26-19-9-5-3-7-16(19)17-13-15(11-12-20(17)26)14-23-25-22-24-18-8-4-6-10-21(18)27-22/h3-14H,2H2,1H3,(H,24,25)/b23-14+. The van der Waals surface area contributed by atoms with Crippen LogP contribution in [-0.4, -0.2) is 15.8 Å². The topological polar surface area (TPSA) is 42.2 Å². The number of rotatable bonds is 4. The molecule has 0 unspecified atom stereocenters. The quantitative estimate of drug-likeness (QED) is 0.317. The molecule has 0 bridgehead atoms. The maximum Gasteiger partial charge on any atom is 0.204 e. The zero-order valence-electron chi connectivity index (χ0n) is 14.9. The first-order valence-electron chi connectivity index (χ1n) is 8.99. The van der Waals surface area contributed by atoms with E-state index in [-0.39, 0.29) is 0 Å². The van der Waals surface area contributed by atoms with Crippen molar-refractivity contribution in [2.75, 3.05) is 5.43 Å². The van der Waals surface area contributed by atoms with Crippen LogP contribution in [-0.2, 0) is 6.54 Å². The fourth-order valence-corrected chi connectivity index (χ4v) is 4.39. The lowest BCUT2D eigenvalue weighted by Crippen LogP contribution is -1.93. The minimum absolute atomic E-state index is 0.802. The summed E-state index contributed by atoms with van der Waals surface area (Å²) in [6.07, 6.45) is 1.85. The van der Waals surface area contributed by atoms with Crippen LogP contribution >= 0.6 is 11.3 Å². The van der Waals surface area contributed by atoms with Gasteiger partial charge in [-0.2, -0.15) is 5.10 Å². The molecule has 5 heteroatoms. The van der Waals surface area contributed by atoms with Crippen LogP contribution in [0.5, 0.6) is 0 Å². The van der Waals surface area contributed by atoms with E-state index in [1.54, 1.807) is 11.3 Å². The van der Waals surface area contributed by atoms with Crippen molar-refractivity contribution in [1.29, 1.82) is 0 Å². The van der Waals surface area contributed by atoms with E-state index in [1.807, 2.05) is 24.4 Å². The molecule has 2 aromatic heterocycles. The molecule has 0 saturated carbocycles. The summed E-state index contributed by atoms with van der Waals surface area (Å²) in [6.45, 7) is 3.14. The van der Waals surface area contributed by atoms with Gasteiger partial charge < -0.3 is 4.57 Å². The van der Waals surface area contributed by atoms with E-state index in [9.17, 15) is 0 Å². The van der Waals surface area contributed by atoms with Gasteiger partial charge in [-0.3, -0.25) is 5.43 Å². The summed E-state index contributed by atoms with van der Waals surface area (Å²) < 4.78 is 3.51. The second-order valence-corrected chi connectivity index (χ2v) is 7.43. The van der Waals surface area contributed by atoms with Gasteiger partial charge in [-0.05, 0) is 42.8 Å². The third-order valence-corrected chi connectivity index (χ3v) is 5.72. The van der Waals surface area contributed by atoms with E-state index in [4.69, 9.17) is 0 Å². The van der Waals surface area contributed by atoms with Gasteiger partial charge in [0.15, 0.2) is 0 Å². The van der Waals surface area contributed by atoms with Crippen LogP contribution < -0.4 is 5.43 Å². The number of benzene rings is 3. The van der Waals surface area contributed by atoms with Crippen LogP contribution in [0.2, 0.25) is 0 Å². The molecule has 0 saturated heterocycles. The van der Waals surface area contributed by atoms with E-state index in [1.165, 1.54) is 21.8 Å². The molecule has 0 aliphatic carbocycles.